The second kappa shape index (κ2) is 14.6. The van der Waals surface area contributed by atoms with Crippen LogP contribution in [0.15, 0.2) is 84.9 Å². The van der Waals surface area contributed by atoms with Crippen molar-refractivity contribution in [1.82, 2.24) is 4.90 Å². The minimum Gasteiger partial charge on any atom is -0.468 e. The molecule has 40 heavy (non-hydrogen) atoms. The summed E-state index contributed by atoms with van der Waals surface area (Å²) in [5.74, 6) is -0.137. The summed E-state index contributed by atoms with van der Waals surface area (Å²) in [6.07, 6.45) is 2.87. The predicted octanol–water partition coefficient (Wildman–Crippen LogP) is 6.63. The molecule has 5 heteroatoms. The van der Waals surface area contributed by atoms with Crippen LogP contribution in [0.5, 0.6) is 0 Å². The maximum absolute atomic E-state index is 12.1. The Hall–Kier alpha value is -2.99. The lowest BCUT2D eigenvalue weighted by Gasteiger charge is -2.42. The average molecular weight is 546 g/mol. The molecule has 1 fully saturated rings. The van der Waals surface area contributed by atoms with Crippen molar-refractivity contribution in [2.75, 3.05) is 26.7 Å². The third kappa shape index (κ3) is 7.20. The van der Waals surface area contributed by atoms with Crippen LogP contribution in [0, 0.1) is 5.92 Å². The molecule has 0 spiro atoms. The van der Waals surface area contributed by atoms with E-state index in [1.165, 1.54) is 7.11 Å². The van der Waals surface area contributed by atoms with Gasteiger partial charge < -0.3 is 19.8 Å². The monoisotopic (exact) mass is 545 g/mol. The van der Waals surface area contributed by atoms with Gasteiger partial charge in [-0.1, -0.05) is 98.8 Å². The summed E-state index contributed by atoms with van der Waals surface area (Å²) in [7, 11) is 1.40. The summed E-state index contributed by atoms with van der Waals surface area (Å²) in [5.41, 5.74) is 1.91. The minimum atomic E-state index is -1.00. The normalized spacial score (nSPS) is 15.6. The molecule has 0 aromatic heterocycles. The third-order valence-electron chi connectivity index (χ3n) is 8.27. The van der Waals surface area contributed by atoms with Gasteiger partial charge in [0.25, 0.3) is 0 Å². The molecular formula is C35H47NO4. The van der Waals surface area contributed by atoms with Crippen molar-refractivity contribution in [2.45, 2.75) is 70.5 Å². The third-order valence-corrected chi connectivity index (χ3v) is 8.27. The number of rotatable bonds is 10. The highest BCUT2D eigenvalue weighted by Gasteiger charge is 2.41. The van der Waals surface area contributed by atoms with Gasteiger partial charge in [-0.15, -0.1) is 0 Å². The zero-order chi connectivity index (χ0) is 29.2. The van der Waals surface area contributed by atoms with E-state index in [-0.39, 0.29) is 11.9 Å². The Morgan fingerprint density at radius 2 is 1.38 bits per heavy atom. The maximum atomic E-state index is 12.1. The summed E-state index contributed by atoms with van der Waals surface area (Å²) in [5, 5.41) is 22.8. The van der Waals surface area contributed by atoms with Gasteiger partial charge >= 0.3 is 5.97 Å². The SMILES string of the molecule is CC.COC(=O)C(C)(C)c1ccc(C(O)CCCN2CCC(C(O)(c3ccccc3)c3ccccc3)CC2)cc1. The van der Waals surface area contributed by atoms with Gasteiger partial charge in [-0.3, -0.25) is 4.79 Å². The van der Waals surface area contributed by atoms with E-state index in [2.05, 4.69) is 4.90 Å². The number of nitrogens with zero attached hydrogens (tertiary/aromatic N) is 1. The van der Waals surface area contributed by atoms with Crippen molar-refractivity contribution >= 4 is 5.97 Å². The van der Waals surface area contributed by atoms with E-state index >= 15 is 0 Å². The maximum Gasteiger partial charge on any atom is 0.315 e. The van der Waals surface area contributed by atoms with Crippen LogP contribution in [0.25, 0.3) is 0 Å². The molecule has 5 nitrogen and oxygen atoms in total. The molecule has 2 N–H and O–H groups in total. The van der Waals surface area contributed by atoms with Crippen LogP contribution in [-0.2, 0) is 20.5 Å². The number of ether oxygens (including phenoxy) is 1. The fourth-order valence-electron chi connectivity index (χ4n) is 5.77. The molecule has 3 aromatic rings. The number of hydrogen-bond donors (Lipinski definition) is 2. The molecule has 0 radical (unpaired) electrons. The molecule has 0 aliphatic carbocycles. The molecule has 216 valence electrons. The molecule has 1 unspecified atom stereocenters. The Balaban J connectivity index is 0.00000216. The number of methoxy groups -OCH3 is 1. The Morgan fingerprint density at radius 3 is 1.85 bits per heavy atom. The van der Waals surface area contributed by atoms with E-state index < -0.39 is 17.1 Å². The molecule has 0 bridgehead atoms. The first-order chi connectivity index (χ1) is 19.3. The number of hydrogen-bond acceptors (Lipinski definition) is 5. The first kappa shape index (κ1) is 31.5. The highest BCUT2D eigenvalue weighted by molar-refractivity contribution is 5.82. The van der Waals surface area contributed by atoms with E-state index in [1.54, 1.807) is 0 Å². The van der Waals surface area contributed by atoms with E-state index in [1.807, 2.05) is 113 Å². The van der Waals surface area contributed by atoms with Gasteiger partial charge in [0.05, 0.1) is 18.6 Å². The molecule has 1 saturated heterocycles. The summed E-state index contributed by atoms with van der Waals surface area (Å²) in [6, 6.07) is 27.7. The van der Waals surface area contributed by atoms with Crippen molar-refractivity contribution in [3.05, 3.63) is 107 Å². The van der Waals surface area contributed by atoms with Gasteiger partial charge in [0.15, 0.2) is 0 Å². The summed E-state index contributed by atoms with van der Waals surface area (Å²) in [6.45, 7) is 10.5. The van der Waals surface area contributed by atoms with Gasteiger partial charge in [-0.2, -0.15) is 0 Å². The summed E-state index contributed by atoms with van der Waals surface area (Å²) < 4.78 is 4.92. The average Bonchev–Trinajstić information content (AvgIpc) is 3.02. The van der Waals surface area contributed by atoms with Gasteiger partial charge in [0.2, 0.25) is 0 Å². The fraction of sp³-hybridized carbons (Fsp3) is 0.457. The predicted molar refractivity (Wildman–Crippen MR) is 162 cm³/mol. The Labute approximate surface area is 240 Å². The molecule has 3 aromatic carbocycles. The molecule has 4 rings (SSSR count). The quantitative estimate of drug-likeness (QED) is 0.280. The number of carbonyl (C=O) groups is 1. The van der Waals surface area contributed by atoms with Crippen molar-refractivity contribution in [1.29, 1.82) is 0 Å². The van der Waals surface area contributed by atoms with Gasteiger partial charge in [0.1, 0.15) is 5.60 Å². The van der Waals surface area contributed by atoms with Gasteiger partial charge in [-0.25, -0.2) is 0 Å². The number of esters is 1. The summed E-state index contributed by atoms with van der Waals surface area (Å²) in [4.78, 5) is 14.5. The first-order valence-corrected chi connectivity index (χ1v) is 14.7. The summed E-state index contributed by atoms with van der Waals surface area (Å²) >= 11 is 0. The number of carbonyl (C=O) groups excluding carboxylic acids is 1. The molecule has 1 aliphatic rings. The van der Waals surface area contributed by atoms with Crippen LogP contribution in [0.1, 0.15) is 81.7 Å². The van der Waals surface area contributed by atoms with E-state index in [9.17, 15) is 15.0 Å². The lowest BCUT2D eigenvalue weighted by molar-refractivity contribution is -0.146. The van der Waals surface area contributed by atoms with Crippen molar-refractivity contribution < 1.29 is 19.7 Å². The van der Waals surface area contributed by atoms with Crippen LogP contribution in [-0.4, -0.2) is 47.8 Å². The molecule has 1 aliphatic heterocycles. The van der Waals surface area contributed by atoms with E-state index in [0.29, 0.717) is 6.42 Å². The number of benzene rings is 3. The Kier molecular flexibility index (Phi) is 11.5. The van der Waals surface area contributed by atoms with Gasteiger partial charge in [0, 0.05) is 0 Å². The van der Waals surface area contributed by atoms with Crippen LogP contribution in [0.2, 0.25) is 0 Å². The van der Waals surface area contributed by atoms with Gasteiger partial charge in [-0.05, 0) is 87.3 Å². The molecule has 0 saturated carbocycles. The van der Waals surface area contributed by atoms with E-state index in [0.717, 1.165) is 61.2 Å². The number of aliphatic hydroxyl groups is 2. The van der Waals surface area contributed by atoms with Crippen LogP contribution < -0.4 is 0 Å². The highest BCUT2D eigenvalue weighted by atomic mass is 16.5. The topological polar surface area (TPSA) is 70.0 Å². The Morgan fingerprint density at radius 1 is 0.875 bits per heavy atom. The second-order valence-corrected chi connectivity index (χ2v) is 11.0. The second-order valence-electron chi connectivity index (χ2n) is 11.0. The smallest absolute Gasteiger partial charge is 0.315 e. The fourth-order valence-corrected chi connectivity index (χ4v) is 5.77. The zero-order valence-corrected chi connectivity index (χ0v) is 24.8. The first-order valence-electron chi connectivity index (χ1n) is 14.7. The largest absolute Gasteiger partial charge is 0.468 e. The van der Waals surface area contributed by atoms with Crippen LogP contribution in [0.3, 0.4) is 0 Å². The number of aliphatic hydroxyl groups excluding tert-OH is 1. The molecule has 0 amide bonds. The van der Waals surface area contributed by atoms with E-state index in [4.69, 9.17) is 4.74 Å². The lowest BCUT2D eigenvalue weighted by atomic mass is 9.72. The highest BCUT2D eigenvalue weighted by Crippen LogP contribution is 2.42. The van der Waals surface area contributed by atoms with Crippen molar-refractivity contribution in [2.24, 2.45) is 5.92 Å². The van der Waals surface area contributed by atoms with Crippen LogP contribution in [0.4, 0.5) is 0 Å². The standard InChI is InChI=1S/C33H41NO4.C2H6/c1-32(2,31(36)38-3)26-18-16-25(17-19-26)30(35)15-10-22-34-23-20-29(21-24-34)33(37,27-11-6-4-7-12-27)28-13-8-5-9-14-28;1-2/h4-9,11-14,16-19,29-30,35,37H,10,15,20-24H2,1-3H3;1-2H3. The molecular weight excluding hydrogens is 498 g/mol. The van der Waals surface area contributed by atoms with Crippen molar-refractivity contribution in [3.8, 4) is 0 Å². The van der Waals surface area contributed by atoms with Crippen LogP contribution >= 0.6 is 0 Å². The molecule has 1 atom stereocenters. The number of likely N-dealkylation sites (tertiary alicyclic amines) is 1. The van der Waals surface area contributed by atoms with Crippen molar-refractivity contribution in [3.63, 3.8) is 0 Å². The Bertz CT molecular complexity index is 1110. The minimum absolute atomic E-state index is 0.141. The lowest BCUT2D eigenvalue weighted by Crippen LogP contribution is -2.44. The molecule has 1 heterocycles. The number of piperidine rings is 1. The zero-order valence-electron chi connectivity index (χ0n) is 24.8.